The average Bonchev–Trinajstić information content (AvgIpc) is 2.12. The summed E-state index contributed by atoms with van der Waals surface area (Å²) < 4.78 is 0. The van der Waals surface area contributed by atoms with E-state index in [0.29, 0.717) is 0 Å². The molecule has 0 saturated carbocycles. The van der Waals surface area contributed by atoms with Gasteiger partial charge in [-0.3, -0.25) is 0 Å². The van der Waals surface area contributed by atoms with Gasteiger partial charge in [-0.25, -0.2) is 0 Å². The molecule has 4 atom stereocenters. The number of hydrogen-bond donors (Lipinski definition) is 4. The largest absolute Gasteiger partial charge is 0.389 e. The maximum Gasteiger partial charge on any atom is 0.109 e. The summed E-state index contributed by atoms with van der Waals surface area (Å²) in [6, 6.07) is 0. The van der Waals surface area contributed by atoms with Crippen molar-refractivity contribution in [3.63, 3.8) is 0 Å². The van der Waals surface area contributed by atoms with Crippen molar-refractivity contribution in [3.8, 4) is 0 Å². The van der Waals surface area contributed by atoms with E-state index in [0.717, 1.165) is 0 Å². The van der Waals surface area contributed by atoms with Crippen molar-refractivity contribution in [3.05, 3.63) is 0 Å². The fourth-order valence-corrected chi connectivity index (χ4v) is 1.40. The summed E-state index contributed by atoms with van der Waals surface area (Å²) in [5.74, 6) is 0. The lowest BCUT2D eigenvalue weighted by Gasteiger charge is -2.24. The predicted octanol–water partition coefficient (Wildman–Crippen LogP) is -0.780. The Bertz CT molecular complexity index is 110. The smallest absolute Gasteiger partial charge is 0.109 e. The van der Waals surface area contributed by atoms with Crippen LogP contribution in [0.1, 0.15) is 0 Å². The molecule has 0 aliphatic rings. The molecule has 0 amide bonds. The molecule has 0 rings (SSSR count). The molecule has 0 saturated heterocycles. The molecule has 0 aromatic carbocycles. The lowest BCUT2D eigenvalue weighted by molar-refractivity contribution is -0.0916. The molecule has 74 valence electrons. The van der Waals surface area contributed by atoms with Crippen LogP contribution in [0.25, 0.3) is 0 Å². The first-order chi connectivity index (χ1) is 5.54. The van der Waals surface area contributed by atoms with Gasteiger partial charge < -0.3 is 20.4 Å². The summed E-state index contributed by atoms with van der Waals surface area (Å²) in [6.45, 7) is 0. The zero-order chi connectivity index (χ0) is 9.72. The second kappa shape index (κ2) is 6.28. The second-order valence-electron chi connectivity index (χ2n) is 2.42. The van der Waals surface area contributed by atoms with Crippen LogP contribution >= 0.6 is 31.9 Å². The van der Waals surface area contributed by atoms with Gasteiger partial charge in [0.1, 0.15) is 12.2 Å². The van der Waals surface area contributed by atoms with Crippen LogP contribution in [-0.2, 0) is 0 Å². The van der Waals surface area contributed by atoms with Gasteiger partial charge in [0.25, 0.3) is 0 Å². The zero-order valence-corrected chi connectivity index (χ0v) is 9.44. The van der Waals surface area contributed by atoms with Gasteiger partial charge in [-0.2, -0.15) is 0 Å². The van der Waals surface area contributed by atoms with E-state index in [1.54, 1.807) is 0 Å². The Morgan fingerprint density at radius 1 is 0.750 bits per heavy atom. The summed E-state index contributed by atoms with van der Waals surface area (Å²) in [7, 11) is 0. The van der Waals surface area contributed by atoms with E-state index in [2.05, 4.69) is 31.9 Å². The highest BCUT2D eigenvalue weighted by Gasteiger charge is 2.28. The van der Waals surface area contributed by atoms with Gasteiger partial charge in [-0.15, -0.1) is 0 Å². The molecule has 0 aromatic rings. The quantitative estimate of drug-likeness (QED) is 0.502. The van der Waals surface area contributed by atoms with E-state index in [-0.39, 0.29) is 10.7 Å². The number of aliphatic hydroxyl groups excluding tert-OH is 4. The number of halogens is 2. The Balaban J connectivity index is 3.99. The summed E-state index contributed by atoms with van der Waals surface area (Å²) in [4.78, 5) is 0. The van der Waals surface area contributed by atoms with Crippen molar-refractivity contribution in [1.82, 2.24) is 0 Å². The fraction of sp³-hybridized carbons (Fsp3) is 1.00. The monoisotopic (exact) mass is 306 g/mol. The average molecular weight is 308 g/mol. The molecule has 0 unspecified atom stereocenters. The Hall–Kier alpha value is 0.800. The first kappa shape index (κ1) is 12.8. The van der Waals surface area contributed by atoms with E-state index in [9.17, 15) is 10.2 Å². The maximum atomic E-state index is 9.18. The summed E-state index contributed by atoms with van der Waals surface area (Å²) in [6.07, 6.45) is -4.82. The normalized spacial score (nSPS) is 21.5. The Kier molecular flexibility index (Phi) is 6.70. The van der Waals surface area contributed by atoms with Crippen molar-refractivity contribution in [2.24, 2.45) is 0 Å². The molecule has 0 aromatic heterocycles. The third-order valence-corrected chi connectivity index (χ3v) is 2.78. The number of alkyl halides is 2. The topological polar surface area (TPSA) is 80.9 Å². The van der Waals surface area contributed by atoms with Gasteiger partial charge in [-0.05, 0) is 0 Å². The lowest BCUT2D eigenvalue weighted by atomic mass is 10.1. The molecule has 4 N–H and O–H groups in total. The standard InChI is InChI=1S/C6H12Br2O4/c7-1-3(9)5(11)6(12)4(10)2-8/h3-6,9-12H,1-2H2/t3-,4+,5-,6-/m1/s1. The minimum Gasteiger partial charge on any atom is -0.389 e. The van der Waals surface area contributed by atoms with Crippen molar-refractivity contribution in [1.29, 1.82) is 0 Å². The molecule has 6 heteroatoms. The molecular formula is C6H12Br2O4. The highest BCUT2D eigenvalue weighted by atomic mass is 79.9. The third-order valence-electron chi connectivity index (χ3n) is 1.45. The zero-order valence-electron chi connectivity index (χ0n) is 6.27. The minimum absolute atomic E-state index is 0.153. The summed E-state index contributed by atoms with van der Waals surface area (Å²) in [5, 5.41) is 36.8. The Morgan fingerprint density at radius 2 is 1.00 bits per heavy atom. The second-order valence-corrected chi connectivity index (χ2v) is 3.72. The lowest BCUT2D eigenvalue weighted by Crippen LogP contribution is -2.45. The van der Waals surface area contributed by atoms with Crippen LogP contribution < -0.4 is 0 Å². The van der Waals surface area contributed by atoms with Crippen LogP contribution in [0.4, 0.5) is 0 Å². The van der Waals surface area contributed by atoms with Gasteiger partial charge in [0.05, 0.1) is 12.2 Å². The van der Waals surface area contributed by atoms with Gasteiger partial charge >= 0.3 is 0 Å². The fourth-order valence-electron chi connectivity index (χ4n) is 0.638. The van der Waals surface area contributed by atoms with Gasteiger partial charge in [-0.1, -0.05) is 31.9 Å². The van der Waals surface area contributed by atoms with E-state index in [1.165, 1.54) is 0 Å². The van der Waals surface area contributed by atoms with Crippen LogP contribution in [0.15, 0.2) is 0 Å². The first-order valence-corrected chi connectivity index (χ1v) is 5.63. The third kappa shape index (κ3) is 3.68. The van der Waals surface area contributed by atoms with Crippen LogP contribution in [0.5, 0.6) is 0 Å². The molecule has 0 aliphatic carbocycles. The van der Waals surface area contributed by atoms with Crippen molar-refractivity contribution in [2.75, 3.05) is 10.7 Å². The van der Waals surface area contributed by atoms with E-state index < -0.39 is 24.4 Å². The van der Waals surface area contributed by atoms with Crippen LogP contribution in [0.3, 0.4) is 0 Å². The molecular weight excluding hydrogens is 296 g/mol. The van der Waals surface area contributed by atoms with Crippen LogP contribution in [-0.4, -0.2) is 55.5 Å². The SMILES string of the molecule is O[C@@H]([C@H](O)[C@@H](O)CBr)[C@H](O)CBr. The molecule has 0 bridgehead atoms. The molecule has 4 nitrogen and oxygen atoms in total. The number of hydrogen-bond acceptors (Lipinski definition) is 4. The van der Waals surface area contributed by atoms with E-state index >= 15 is 0 Å². The highest BCUT2D eigenvalue weighted by Crippen LogP contribution is 2.08. The Labute approximate surface area is 87.5 Å². The highest BCUT2D eigenvalue weighted by molar-refractivity contribution is 9.09. The molecule has 0 radical (unpaired) electrons. The predicted molar refractivity (Wildman–Crippen MR) is 51.6 cm³/mol. The van der Waals surface area contributed by atoms with Crippen molar-refractivity contribution < 1.29 is 20.4 Å². The first-order valence-electron chi connectivity index (χ1n) is 3.38. The Morgan fingerprint density at radius 3 is 1.17 bits per heavy atom. The van der Waals surface area contributed by atoms with Crippen LogP contribution in [0.2, 0.25) is 0 Å². The maximum absolute atomic E-state index is 9.18. The van der Waals surface area contributed by atoms with E-state index in [1.807, 2.05) is 0 Å². The number of rotatable bonds is 5. The molecule has 0 heterocycles. The number of aliphatic hydroxyl groups is 4. The molecule has 0 fully saturated rings. The van der Waals surface area contributed by atoms with E-state index in [4.69, 9.17) is 10.2 Å². The molecule has 12 heavy (non-hydrogen) atoms. The summed E-state index contributed by atoms with van der Waals surface area (Å²) >= 11 is 5.88. The van der Waals surface area contributed by atoms with Crippen LogP contribution in [0, 0.1) is 0 Å². The molecule has 0 aliphatic heterocycles. The summed E-state index contributed by atoms with van der Waals surface area (Å²) in [5.41, 5.74) is 0. The van der Waals surface area contributed by atoms with Gasteiger partial charge in [0.15, 0.2) is 0 Å². The van der Waals surface area contributed by atoms with Crippen molar-refractivity contribution >= 4 is 31.9 Å². The van der Waals surface area contributed by atoms with Crippen molar-refractivity contribution in [2.45, 2.75) is 24.4 Å². The van der Waals surface area contributed by atoms with Gasteiger partial charge in [0, 0.05) is 10.7 Å². The molecule has 0 spiro atoms. The van der Waals surface area contributed by atoms with Gasteiger partial charge in [0.2, 0.25) is 0 Å². The minimum atomic E-state index is -1.34.